The summed E-state index contributed by atoms with van der Waals surface area (Å²) in [6, 6.07) is 21.3. The largest absolute Gasteiger partial charge is 0.490 e. The van der Waals surface area contributed by atoms with Crippen molar-refractivity contribution >= 4 is 17.3 Å². The van der Waals surface area contributed by atoms with Gasteiger partial charge in [-0.05, 0) is 17.7 Å². The molecule has 0 bridgehead atoms. The summed E-state index contributed by atoms with van der Waals surface area (Å²) in [5, 5.41) is 11.4. The van der Waals surface area contributed by atoms with Crippen LogP contribution >= 0.6 is 11.6 Å². The first-order valence-corrected chi connectivity index (χ1v) is 8.91. The van der Waals surface area contributed by atoms with E-state index in [-0.39, 0.29) is 18.0 Å². The van der Waals surface area contributed by atoms with E-state index in [0.717, 1.165) is 5.56 Å². The third kappa shape index (κ3) is 4.72. The number of hydrogen-bond acceptors (Lipinski definition) is 5. The van der Waals surface area contributed by atoms with Crippen molar-refractivity contribution in [1.29, 1.82) is 0 Å². The Hall–Kier alpha value is -3.25. The van der Waals surface area contributed by atoms with E-state index in [4.69, 9.17) is 25.8 Å². The highest BCUT2D eigenvalue weighted by molar-refractivity contribution is 6.20. The zero-order chi connectivity index (χ0) is 19.9. The van der Waals surface area contributed by atoms with Gasteiger partial charge in [-0.3, -0.25) is 10.1 Å². The lowest BCUT2D eigenvalue weighted by molar-refractivity contribution is -0.385. The van der Waals surface area contributed by atoms with Crippen molar-refractivity contribution in [2.24, 2.45) is 0 Å². The zero-order valence-electron chi connectivity index (χ0n) is 15.1. The Kier molecular flexibility index (Phi) is 6.34. The van der Waals surface area contributed by atoms with Gasteiger partial charge in [0.05, 0.1) is 17.6 Å². The Morgan fingerprint density at radius 3 is 2.25 bits per heavy atom. The molecule has 6 nitrogen and oxygen atoms in total. The topological polar surface area (TPSA) is 70.8 Å². The van der Waals surface area contributed by atoms with E-state index in [0.29, 0.717) is 17.1 Å². The van der Waals surface area contributed by atoms with Crippen molar-refractivity contribution in [3.8, 4) is 17.2 Å². The van der Waals surface area contributed by atoms with Gasteiger partial charge in [-0.1, -0.05) is 60.1 Å². The fraction of sp³-hybridized carbons (Fsp3) is 0.143. The molecule has 144 valence electrons. The first-order chi connectivity index (χ1) is 13.6. The summed E-state index contributed by atoms with van der Waals surface area (Å²) in [4.78, 5) is 10.9. The lowest BCUT2D eigenvalue weighted by Gasteiger charge is -2.18. The van der Waals surface area contributed by atoms with E-state index < -0.39 is 10.5 Å². The Morgan fingerprint density at radius 1 is 1.00 bits per heavy atom. The molecule has 1 atom stereocenters. The summed E-state index contributed by atoms with van der Waals surface area (Å²) in [6.07, 6.45) is 0. The summed E-state index contributed by atoms with van der Waals surface area (Å²) in [5.74, 6) is 0.970. The molecule has 0 aliphatic heterocycles. The molecule has 7 heteroatoms. The number of methoxy groups -OCH3 is 1. The summed E-state index contributed by atoms with van der Waals surface area (Å²) < 4.78 is 16.8. The number of para-hydroxylation sites is 1. The highest BCUT2D eigenvalue weighted by Gasteiger charge is 2.25. The number of nitrogens with zero attached hydrogens (tertiary/aromatic N) is 1. The Balaban J connectivity index is 1.94. The second-order valence-corrected chi connectivity index (χ2v) is 6.24. The number of nitro groups is 1. The molecule has 0 amide bonds. The van der Waals surface area contributed by atoms with Gasteiger partial charge in [-0.2, -0.15) is 0 Å². The molecule has 28 heavy (non-hydrogen) atoms. The van der Waals surface area contributed by atoms with E-state index in [1.54, 1.807) is 12.1 Å². The third-order valence-corrected chi connectivity index (χ3v) is 4.30. The van der Waals surface area contributed by atoms with Crippen molar-refractivity contribution in [1.82, 2.24) is 0 Å². The number of hydrogen-bond donors (Lipinski definition) is 0. The molecule has 0 fully saturated rings. The standard InChI is InChI=1S/C21H18ClNO5/c1-26-20-13-19(27-14-15-8-4-2-5-9-15)17(12-18(20)23(24)25)21(22)28-16-10-6-3-7-11-16/h2-13,21H,14H2,1H3. The Bertz CT molecular complexity index is 934. The number of alkyl halides is 1. The number of nitro benzene ring substituents is 1. The molecule has 0 saturated carbocycles. The Morgan fingerprint density at radius 2 is 1.64 bits per heavy atom. The highest BCUT2D eigenvalue weighted by Crippen LogP contribution is 2.40. The van der Waals surface area contributed by atoms with Gasteiger partial charge in [0.2, 0.25) is 11.3 Å². The molecule has 0 radical (unpaired) electrons. The summed E-state index contributed by atoms with van der Waals surface area (Å²) in [6.45, 7) is 0.268. The molecule has 0 aliphatic rings. The van der Waals surface area contributed by atoms with Crippen LogP contribution in [0, 0.1) is 10.1 Å². The molecular weight excluding hydrogens is 382 g/mol. The van der Waals surface area contributed by atoms with E-state index in [1.165, 1.54) is 19.2 Å². The van der Waals surface area contributed by atoms with Crippen LogP contribution in [0.15, 0.2) is 72.8 Å². The van der Waals surface area contributed by atoms with Gasteiger partial charge in [-0.25, -0.2) is 0 Å². The molecule has 0 heterocycles. The maximum Gasteiger partial charge on any atom is 0.311 e. The first-order valence-electron chi connectivity index (χ1n) is 8.47. The lowest BCUT2D eigenvalue weighted by Crippen LogP contribution is -2.07. The minimum atomic E-state index is -0.988. The normalized spacial score (nSPS) is 11.5. The van der Waals surface area contributed by atoms with E-state index in [2.05, 4.69) is 0 Å². The number of benzene rings is 3. The average Bonchev–Trinajstić information content (AvgIpc) is 2.72. The quantitative estimate of drug-likeness (QED) is 0.284. The predicted octanol–water partition coefficient (Wildman–Crippen LogP) is 5.50. The first kappa shape index (κ1) is 19.5. The monoisotopic (exact) mass is 399 g/mol. The van der Waals surface area contributed by atoms with Crippen molar-refractivity contribution in [3.63, 3.8) is 0 Å². The van der Waals surface area contributed by atoms with Crippen LogP contribution < -0.4 is 14.2 Å². The molecule has 3 rings (SSSR count). The molecule has 0 saturated heterocycles. The third-order valence-electron chi connectivity index (χ3n) is 3.97. The van der Waals surface area contributed by atoms with Gasteiger partial charge in [0, 0.05) is 12.1 Å². The average molecular weight is 400 g/mol. The van der Waals surface area contributed by atoms with Crippen LogP contribution in [0.1, 0.15) is 16.7 Å². The number of halogens is 1. The van der Waals surface area contributed by atoms with Gasteiger partial charge >= 0.3 is 5.69 Å². The van der Waals surface area contributed by atoms with Crippen molar-refractivity contribution in [3.05, 3.63) is 94.0 Å². The second-order valence-electron chi connectivity index (χ2n) is 5.84. The molecule has 3 aromatic carbocycles. The molecule has 0 aliphatic carbocycles. The van der Waals surface area contributed by atoms with E-state index >= 15 is 0 Å². The van der Waals surface area contributed by atoms with Crippen LogP contribution in [0.5, 0.6) is 17.2 Å². The molecule has 0 N–H and O–H groups in total. The van der Waals surface area contributed by atoms with Gasteiger partial charge in [0.25, 0.3) is 0 Å². The smallest absolute Gasteiger partial charge is 0.311 e. The van der Waals surface area contributed by atoms with Gasteiger partial charge in [-0.15, -0.1) is 0 Å². The molecule has 0 spiro atoms. The summed E-state index contributed by atoms with van der Waals surface area (Å²) >= 11 is 6.43. The van der Waals surface area contributed by atoms with Gasteiger partial charge in [0.15, 0.2) is 0 Å². The van der Waals surface area contributed by atoms with Crippen LogP contribution in [0.3, 0.4) is 0 Å². The van der Waals surface area contributed by atoms with Gasteiger partial charge in [0.1, 0.15) is 18.1 Å². The van der Waals surface area contributed by atoms with Crippen LogP contribution in [0.2, 0.25) is 0 Å². The Labute approximate surface area is 167 Å². The maximum atomic E-state index is 11.4. The molecule has 0 aromatic heterocycles. The van der Waals surface area contributed by atoms with E-state index in [1.807, 2.05) is 48.5 Å². The van der Waals surface area contributed by atoms with Crippen LogP contribution in [0.25, 0.3) is 0 Å². The number of ether oxygens (including phenoxy) is 3. The summed E-state index contributed by atoms with van der Waals surface area (Å²) in [5.41, 5.74) is 0.0828. The highest BCUT2D eigenvalue weighted by atomic mass is 35.5. The minimum Gasteiger partial charge on any atom is -0.490 e. The maximum absolute atomic E-state index is 11.4. The molecular formula is C21H18ClNO5. The van der Waals surface area contributed by atoms with Crippen LogP contribution in [0.4, 0.5) is 5.69 Å². The minimum absolute atomic E-state index is 0.0837. The zero-order valence-corrected chi connectivity index (χ0v) is 15.8. The lowest BCUT2D eigenvalue weighted by atomic mass is 10.1. The fourth-order valence-corrected chi connectivity index (χ4v) is 2.87. The van der Waals surface area contributed by atoms with Crippen LogP contribution in [-0.4, -0.2) is 12.0 Å². The SMILES string of the molecule is COc1cc(OCc2ccccc2)c(C(Cl)Oc2ccccc2)cc1[N+](=O)[O-]. The molecule has 1 unspecified atom stereocenters. The number of rotatable bonds is 8. The summed E-state index contributed by atoms with van der Waals surface area (Å²) in [7, 11) is 1.36. The second kappa shape index (κ2) is 9.10. The van der Waals surface area contributed by atoms with Crippen molar-refractivity contribution < 1.29 is 19.1 Å². The molecule has 3 aromatic rings. The van der Waals surface area contributed by atoms with Crippen molar-refractivity contribution in [2.45, 2.75) is 12.2 Å². The van der Waals surface area contributed by atoms with E-state index in [9.17, 15) is 10.1 Å². The predicted molar refractivity (Wildman–Crippen MR) is 106 cm³/mol. The van der Waals surface area contributed by atoms with Gasteiger partial charge < -0.3 is 14.2 Å². The van der Waals surface area contributed by atoms with Crippen LogP contribution in [-0.2, 0) is 6.61 Å². The van der Waals surface area contributed by atoms with Crippen molar-refractivity contribution in [2.75, 3.05) is 7.11 Å². The fourth-order valence-electron chi connectivity index (χ4n) is 2.59.